The van der Waals surface area contributed by atoms with Crippen LogP contribution < -0.4 is 15.5 Å². The molecule has 2 aromatic carbocycles. The highest BCUT2D eigenvalue weighted by Gasteiger charge is 2.09. The quantitative estimate of drug-likeness (QED) is 0.734. The van der Waals surface area contributed by atoms with Crippen LogP contribution in [0.15, 0.2) is 60.9 Å². The average molecular weight is 351 g/mol. The van der Waals surface area contributed by atoms with Crippen molar-refractivity contribution in [2.45, 2.75) is 0 Å². The van der Waals surface area contributed by atoms with Gasteiger partial charge in [-0.1, -0.05) is 6.07 Å². The number of nitrogens with one attached hydrogen (secondary N) is 2. The lowest BCUT2D eigenvalue weighted by atomic mass is 10.2. The van der Waals surface area contributed by atoms with E-state index in [1.807, 2.05) is 43.3 Å². The molecule has 1 amide bonds. The molecule has 26 heavy (non-hydrogen) atoms. The van der Waals surface area contributed by atoms with Crippen LogP contribution in [0.5, 0.6) is 0 Å². The molecule has 0 aliphatic heterocycles. The fourth-order valence-electron chi connectivity index (χ4n) is 2.26. The highest BCUT2D eigenvalue weighted by atomic mass is 19.1. The average Bonchev–Trinajstić information content (AvgIpc) is 2.63. The smallest absolute Gasteiger partial charge is 0.275 e. The van der Waals surface area contributed by atoms with Crippen LogP contribution >= 0.6 is 0 Å². The van der Waals surface area contributed by atoms with Crippen molar-refractivity contribution in [1.82, 2.24) is 9.97 Å². The summed E-state index contributed by atoms with van der Waals surface area (Å²) in [5, 5.41) is 5.70. The second kappa shape index (κ2) is 7.60. The molecule has 0 unspecified atom stereocenters. The lowest BCUT2D eigenvalue weighted by Gasteiger charge is -2.13. The van der Waals surface area contributed by atoms with Gasteiger partial charge in [-0.2, -0.15) is 0 Å². The van der Waals surface area contributed by atoms with Crippen molar-refractivity contribution in [3.8, 4) is 0 Å². The maximum atomic E-state index is 13.2. The normalized spacial score (nSPS) is 10.3. The Labute approximate surface area is 150 Å². The molecule has 1 heterocycles. The van der Waals surface area contributed by atoms with E-state index in [-0.39, 0.29) is 17.4 Å². The van der Waals surface area contributed by atoms with Gasteiger partial charge in [0.15, 0.2) is 0 Å². The zero-order valence-electron chi connectivity index (χ0n) is 14.4. The summed E-state index contributed by atoms with van der Waals surface area (Å²) in [6.07, 6.45) is 2.79. The van der Waals surface area contributed by atoms with Gasteiger partial charge in [-0.05, 0) is 42.5 Å². The van der Waals surface area contributed by atoms with Crippen LogP contribution in [0.2, 0.25) is 0 Å². The predicted molar refractivity (Wildman–Crippen MR) is 100 cm³/mol. The second-order valence-corrected chi connectivity index (χ2v) is 5.82. The van der Waals surface area contributed by atoms with Crippen LogP contribution in [0, 0.1) is 5.82 Å². The number of anilines is 4. The number of aromatic nitrogens is 2. The molecule has 0 saturated heterocycles. The van der Waals surface area contributed by atoms with Crippen LogP contribution in [0.25, 0.3) is 0 Å². The number of benzene rings is 2. The summed E-state index contributed by atoms with van der Waals surface area (Å²) in [5.74, 6) is -0.283. The van der Waals surface area contributed by atoms with Gasteiger partial charge in [0.1, 0.15) is 17.3 Å². The fourth-order valence-corrected chi connectivity index (χ4v) is 2.26. The molecule has 1 aromatic heterocycles. The molecule has 0 aliphatic carbocycles. The maximum absolute atomic E-state index is 13.2. The number of halogens is 1. The van der Waals surface area contributed by atoms with E-state index in [9.17, 15) is 9.18 Å². The predicted octanol–water partition coefficient (Wildman–Crippen LogP) is 3.68. The van der Waals surface area contributed by atoms with E-state index in [4.69, 9.17) is 0 Å². The molecule has 6 nitrogen and oxygen atoms in total. The van der Waals surface area contributed by atoms with Gasteiger partial charge in [0.2, 0.25) is 0 Å². The summed E-state index contributed by atoms with van der Waals surface area (Å²) in [5.41, 5.74) is 2.45. The van der Waals surface area contributed by atoms with Gasteiger partial charge in [-0.15, -0.1) is 0 Å². The lowest BCUT2D eigenvalue weighted by molar-refractivity contribution is 0.102. The Morgan fingerprint density at radius 2 is 1.77 bits per heavy atom. The first kappa shape index (κ1) is 17.3. The van der Waals surface area contributed by atoms with Crippen molar-refractivity contribution in [2.75, 3.05) is 29.6 Å². The molecule has 0 spiro atoms. The fraction of sp³-hybridized carbons (Fsp3) is 0.105. The van der Waals surface area contributed by atoms with Crippen LogP contribution in [0.3, 0.4) is 0 Å². The monoisotopic (exact) mass is 351 g/mol. The van der Waals surface area contributed by atoms with Crippen molar-refractivity contribution < 1.29 is 9.18 Å². The van der Waals surface area contributed by atoms with Crippen molar-refractivity contribution in [3.05, 3.63) is 72.4 Å². The summed E-state index contributed by atoms with van der Waals surface area (Å²) in [6.45, 7) is 0. The Bertz CT molecular complexity index is 895. The molecule has 0 atom stereocenters. The van der Waals surface area contributed by atoms with E-state index < -0.39 is 0 Å². The van der Waals surface area contributed by atoms with E-state index in [0.29, 0.717) is 17.2 Å². The molecule has 0 bridgehead atoms. The van der Waals surface area contributed by atoms with Crippen LogP contribution in [0.4, 0.5) is 27.3 Å². The summed E-state index contributed by atoms with van der Waals surface area (Å²) >= 11 is 0. The molecule has 0 fully saturated rings. The maximum Gasteiger partial charge on any atom is 0.275 e. The third-order valence-corrected chi connectivity index (χ3v) is 3.62. The van der Waals surface area contributed by atoms with E-state index in [0.717, 1.165) is 5.69 Å². The molecular formula is C19H18FN5O. The zero-order chi connectivity index (χ0) is 18.5. The summed E-state index contributed by atoms with van der Waals surface area (Å²) in [4.78, 5) is 22.5. The third-order valence-electron chi connectivity index (χ3n) is 3.62. The van der Waals surface area contributed by atoms with Crippen LogP contribution in [-0.2, 0) is 0 Å². The molecule has 3 aromatic rings. The van der Waals surface area contributed by atoms with Gasteiger partial charge < -0.3 is 15.5 Å². The van der Waals surface area contributed by atoms with Crippen molar-refractivity contribution in [3.63, 3.8) is 0 Å². The van der Waals surface area contributed by atoms with Crippen LogP contribution in [-0.4, -0.2) is 30.0 Å². The number of rotatable bonds is 5. The third kappa shape index (κ3) is 4.32. The minimum absolute atomic E-state index is 0.187. The van der Waals surface area contributed by atoms with Gasteiger partial charge in [0.05, 0.1) is 12.4 Å². The topological polar surface area (TPSA) is 70.2 Å². The van der Waals surface area contributed by atoms with Crippen molar-refractivity contribution in [1.29, 1.82) is 0 Å². The zero-order valence-corrected chi connectivity index (χ0v) is 14.4. The van der Waals surface area contributed by atoms with E-state index in [1.54, 1.807) is 12.1 Å². The number of hydrogen-bond donors (Lipinski definition) is 2. The second-order valence-electron chi connectivity index (χ2n) is 5.82. The van der Waals surface area contributed by atoms with Gasteiger partial charge in [-0.25, -0.2) is 14.4 Å². The molecule has 7 heteroatoms. The molecule has 0 aliphatic rings. The lowest BCUT2D eigenvalue weighted by Crippen LogP contribution is -2.14. The Kier molecular flexibility index (Phi) is 5.07. The SMILES string of the molecule is CN(C)c1ccc(NC(=O)c2cnc(Nc3cccc(F)c3)cn2)cc1. The highest BCUT2D eigenvalue weighted by molar-refractivity contribution is 6.02. The Morgan fingerprint density at radius 1 is 1.00 bits per heavy atom. The van der Waals surface area contributed by atoms with Gasteiger partial charge in [-0.3, -0.25) is 4.79 Å². The Morgan fingerprint density at radius 3 is 2.38 bits per heavy atom. The van der Waals surface area contributed by atoms with E-state index in [1.165, 1.54) is 24.5 Å². The summed E-state index contributed by atoms with van der Waals surface area (Å²) in [6, 6.07) is 13.5. The number of hydrogen-bond acceptors (Lipinski definition) is 5. The number of nitrogens with zero attached hydrogens (tertiary/aromatic N) is 3. The summed E-state index contributed by atoms with van der Waals surface area (Å²) < 4.78 is 13.2. The number of carbonyl (C=O) groups is 1. The van der Waals surface area contributed by atoms with Gasteiger partial charge in [0.25, 0.3) is 5.91 Å². The first-order valence-electron chi connectivity index (χ1n) is 7.94. The first-order chi connectivity index (χ1) is 12.5. The van der Waals surface area contributed by atoms with Crippen LogP contribution in [0.1, 0.15) is 10.5 Å². The number of carbonyl (C=O) groups excluding carboxylic acids is 1. The molecule has 3 rings (SSSR count). The largest absolute Gasteiger partial charge is 0.378 e. The summed E-state index contributed by atoms with van der Waals surface area (Å²) in [7, 11) is 3.89. The molecule has 132 valence electrons. The molecule has 0 saturated carbocycles. The first-order valence-corrected chi connectivity index (χ1v) is 7.94. The van der Waals surface area contributed by atoms with E-state index >= 15 is 0 Å². The molecule has 0 radical (unpaired) electrons. The Balaban J connectivity index is 1.65. The van der Waals surface area contributed by atoms with Crippen molar-refractivity contribution in [2.24, 2.45) is 0 Å². The number of amides is 1. The van der Waals surface area contributed by atoms with Gasteiger partial charge in [0, 0.05) is 31.2 Å². The molecular weight excluding hydrogens is 333 g/mol. The van der Waals surface area contributed by atoms with E-state index in [2.05, 4.69) is 20.6 Å². The van der Waals surface area contributed by atoms with Crippen molar-refractivity contribution >= 4 is 28.8 Å². The van der Waals surface area contributed by atoms with Gasteiger partial charge >= 0.3 is 0 Å². The molecule has 2 N–H and O–H groups in total. The highest BCUT2D eigenvalue weighted by Crippen LogP contribution is 2.17. The standard InChI is InChI=1S/C19H18FN5O/c1-25(2)16-8-6-14(7-9-16)24-19(26)17-11-22-18(12-21-17)23-15-5-3-4-13(20)10-15/h3-12H,1-2H3,(H,22,23)(H,24,26). The minimum atomic E-state index is -0.354. The minimum Gasteiger partial charge on any atom is -0.378 e. The Hall–Kier alpha value is -3.48.